The lowest BCUT2D eigenvalue weighted by molar-refractivity contribution is 0.628. The molecule has 5 aromatic rings. The van der Waals surface area contributed by atoms with E-state index in [-0.39, 0.29) is 5.82 Å². The zero-order valence-corrected chi connectivity index (χ0v) is 21.2. The molecule has 4 heterocycles. The van der Waals surface area contributed by atoms with Crippen molar-refractivity contribution >= 4 is 27.5 Å². The Morgan fingerprint density at radius 3 is 2.76 bits per heavy atom. The fourth-order valence-corrected chi connectivity index (χ4v) is 4.46. The van der Waals surface area contributed by atoms with Crippen molar-refractivity contribution in [3.05, 3.63) is 84.1 Å². The molecule has 0 unspecified atom stereocenters. The van der Waals surface area contributed by atoms with Gasteiger partial charge in [0.2, 0.25) is 0 Å². The van der Waals surface area contributed by atoms with Crippen molar-refractivity contribution in [3.8, 4) is 22.6 Å². The number of likely N-dealkylation sites (N-methyl/N-ethyl adjacent to an activating group) is 1. The molecule has 0 aliphatic heterocycles. The van der Waals surface area contributed by atoms with Gasteiger partial charge in [0.1, 0.15) is 5.82 Å². The van der Waals surface area contributed by atoms with E-state index in [1.807, 2.05) is 37.6 Å². The number of aromatic amines is 2. The first-order valence-electron chi connectivity index (χ1n) is 12.5. The molecule has 5 rings (SSSR count). The van der Waals surface area contributed by atoms with Gasteiger partial charge in [0.25, 0.3) is 0 Å². The Balaban J connectivity index is 1.58. The van der Waals surface area contributed by atoms with E-state index in [4.69, 9.17) is 0 Å². The minimum Gasteiger partial charge on any atom is -0.393 e. The van der Waals surface area contributed by atoms with Crippen LogP contribution in [-0.4, -0.2) is 45.3 Å². The summed E-state index contributed by atoms with van der Waals surface area (Å²) < 4.78 is 13.9. The minimum atomic E-state index is -0.290. The highest BCUT2D eigenvalue weighted by Crippen LogP contribution is 2.33. The van der Waals surface area contributed by atoms with Crippen LogP contribution in [-0.2, 0) is 0 Å². The predicted molar refractivity (Wildman–Crippen MR) is 148 cm³/mol. The Labute approximate surface area is 214 Å². The van der Waals surface area contributed by atoms with Crippen molar-refractivity contribution in [3.63, 3.8) is 0 Å². The Kier molecular flexibility index (Phi) is 7.09. The standard InChI is InChI=1S/C29H30FN7/c1-4-18(15-32-5-2)11-20(16-31-3)21-13-24-28(36-37-29(24)34-17-21)26-14-23-25(35-26)9-10-33-27(23)19-7-6-8-22(30)12-19/h6-14,16-17,31-32,35H,4-5,15H2,1-3H3,(H,34,36,37)/b18-11+,20-16+. The zero-order chi connectivity index (χ0) is 25.8. The molecule has 0 saturated heterocycles. The van der Waals surface area contributed by atoms with Gasteiger partial charge >= 0.3 is 0 Å². The molecule has 0 spiro atoms. The van der Waals surface area contributed by atoms with Gasteiger partial charge in [-0.1, -0.05) is 37.6 Å². The third-order valence-electron chi connectivity index (χ3n) is 6.37. The fraction of sp³-hybridized carbons (Fsp3) is 0.207. The Morgan fingerprint density at radius 1 is 1.08 bits per heavy atom. The van der Waals surface area contributed by atoms with Gasteiger partial charge in [0.15, 0.2) is 5.65 Å². The van der Waals surface area contributed by atoms with Crippen LogP contribution in [0, 0.1) is 5.82 Å². The highest BCUT2D eigenvalue weighted by atomic mass is 19.1. The molecule has 8 heteroatoms. The third kappa shape index (κ3) is 5.01. The van der Waals surface area contributed by atoms with E-state index in [1.165, 1.54) is 17.7 Å². The second-order valence-corrected chi connectivity index (χ2v) is 8.83. The molecule has 0 saturated carbocycles. The molecule has 0 aliphatic carbocycles. The van der Waals surface area contributed by atoms with Crippen molar-refractivity contribution < 1.29 is 4.39 Å². The second kappa shape index (κ2) is 10.8. The van der Waals surface area contributed by atoms with Crippen molar-refractivity contribution in [2.75, 3.05) is 20.1 Å². The molecular formula is C29H30FN7. The molecule has 0 bridgehead atoms. The highest BCUT2D eigenvalue weighted by molar-refractivity contribution is 5.99. The molecule has 4 aromatic heterocycles. The molecule has 0 atom stereocenters. The number of hydrogen-bond donors (Lipinski definition) is 4. The first-order valence-corrected chi connectivity index (χ1v) is 12.5. The number of hydrogen-bond acceptors (Lipinski definition) is 5. The summed E-state index contributed by atoms with van der Waals surface area (Å²) in [5.41, 5.74) is 8.04. The van der Waals surface area contributed by atoms with E-state index >= 15 is 0 Å². The van der Waals surface area contributed by atoms with E-state index in [2.05, 4.69) is 61.8 Å². The van der Waals surface area contributed by atoms with Crippen LogP contribution in [0.25, 0.3) is 50.2 Å². The second-order valence-electron chi connectivity index (χ2n) is 8.83. The Hall–Kier alpha value is -4.30. The number of benzene rings is 1. The number of rotatable bonds is 9. The summed E-state index contributed by atoms with van der Waals surface area (Å²) >= 11 is 0. The van der Waals surface area contributed by atoms with Gasteiger partial charge in [-0.15, -0.1) is 0 Å². The summed E-state index contributed by atoms with van der Waals surface area (Å²) in [4.78, 5) is 12.6. The number of nitrogens with one attached hydrogen (secondary N) is 4. The molecule has 7 nitrogen and oxygen atoms in total. The summed E-state index contributed by atoms with van der Waals surface area (Å²) in [5.74, 6) is -0.290. The molecular weight excluding hydrogens is 465 g/mol. The molecule has 4 N–H and O–H groups in total. The third-order valence-corrected chi connectivity index (χ3v) is 6.37. The lowest BCUT2D eigenvalue weighted by Gasteiger charge is -2.09. The number of aromatic nitrogens is 5. The van der Waals surface area contributed by atoms with Crippen molar-refractivity contribution in [2.45, 2.75) is 20.3 Å². The minimum absolute atomic E-state index is 0.290. The molecule has 188 valence electrons. The van der Waals surface area contributed by atoms with Crippen LogP contribution in [0.3, 0.4) is 0 Å². The number of H-pyrrole nitrogens is 2. The van der Waals surface area contributed by atoms with Crippen LogP contribution < -0.4 is 10.6 Å². The maximum Gasteiger partial charge on any atom is 0.181 e. The lowest BCUT2D eigenvalue weighted by Crippen LogP contribution is -2.16. The number of pyridine rings is 2. The van der Waals surface area contributed by atoms with Gasteiger partial charge < -0.3 is 15.6 Å². The van der Waals surface area contributed by atoms with E-state index < -0.39 is 0 Å². The summed E-state index contributed by atoms with van der Waals surface area (Å²) in [6.45, 7) is 6.04. The largest absolute Gasteiger partial charge is 0.393 e. The Bertz CT molecular complexity index is 1610. The van der Waals surface area contributed by atoms with E-state index in [0.29, 0.717) is 5.65 Å². The van der Waals surface area contributed by atoms with Gasteiger partial charge in [-0.2, -0.15) is 5.10 Å². The first-order chi connectivity index (χ1) is 18.1. The normalized spacial score (nSPS) is 12.5. The van der Waals surface area contributed by atoms with Gasteiger partial charge in [0.05, 0.1) is 17.1 Å². The van der Waals surface area contributed by atoms with E-state index in [0.717, 1.165) is 69.6 Å². The number of allylic oxidation sites excluding steroid dienone is 2. The smallest absolute Gasteiger partial charge is 0.181 e. The lowest BCUT2D eigenvalue weighted by atomic mass is 10.0. The van der Waals surface area contributed by atoms with Crippen molar-refractivity contribution in [1.29, 1.82) is 0 Å². The van der Waals surface area contributed by atoms with Crippen molar-refractivity contribution in [2.24, 2.45) is 0 Å². The highest BCUT2D eigenvalue weighted by Gasteiger charge is 2.16. The van der Waals surface area contributed by atoms with E-state index in [1.54, 1.807) is 12.3 Å². The Morgan fingerprint density at radius 2 is 1.97 bits per heavy atom. The predicted octanol–water partition coefficient (Wildman–Crippen LogP) is 5.81. The monoisotopic (exact) mass is 495 g/mol. The van der Waals surface area contributed by atoms with Crippen LogP contribution >= 0.6 is 0 Å². The van der Waals surface area contributed by atoms with E-state index in [9.17, 15) is 4.39 Å². The first kappa shape index (κ1) is 24.4. The number of nitrogens with zero attached hydrogens (tertiary/aromatic N) is 3. The van der Waals surface area contributed by atoms with Gasteiger partial charge in [0, 0.05) is 59.6 Å². The summed E-state index contributed by atoms with van der Waals surface area (Å²) in [5, 5.41) is 16.0. The average Bonchev–Trinajstić information content (AvgIpc) is 3.54. The number of halogens is 1. The molecule has 37 heavy (non-hydrogen) atoms. The molecule has 0 fully saturated rings. The number of fused-ring (bicyclic) bond motifs is 2. The maximum atomic E-state index is 13.9. The fourth-order valence-electron chi connectivity index (χ4n) is 4.46. The van der Waals surface area contributed by atoms with Crippen LogP contribution in [0.5, 0.6) is 0 Å². The van der Waals surface area contributed by atoms with Crippen LogP contribution in [0.1, 0.15) is 25.8 Å². The van der Waals surface area contributed by atoms with Crippen LogP contribution in [0.2, 0.25) is 0 Å². The topological polar surface area (TPSA) is 94.3 Å². The maximum absolute atomic E-state index is 13.9. The summed E-state index contributed by atoms with van der Waals surface area (Å²) in [7, 11) is 1.90. The van der Waals surface area contributed by atoms with Gasteiger partial charge in [-0.05, 0) is 48.9 Å². The SMILES string of the molecule is CCNC/C(=C/C(=C\NC)c1cnc2n[nH]c(-c3cc4c(-c5cccc(F)c5)nccc4[nH]3)c2c1)CC. The van der Waals surface area contributed by atoms with Crippen LogP contribution in [0.15, 0.2) is 72.7 Å². The van der Waals surface area contributed by atoms with Crippen LogP contribution in [0.4, 0.5) is 4.39 Å². The van der Waals surface area contributed by atoms with Gasteiger partial charge in [-0.3, -0.25) is 10.1 Å². The molecule has 1 aromatic carbocycles. The molecule has 0 amide bonds. The summed E-state index contributed by atoms with van der Waals surface area (Å²) in [6.07, 6.45) is 8.74. The quantitative estimate of drug-likeness (QED) is 0.194. The van der Waals surface area contributed by atoms with Gasteiger partial charge in [-0.25, -0.2) is 9.37 Å². The van der Waals surface area contributed by atoms with Crippen molar-refractivity contribution in [1.82, 2.24) is 35.8 Å². The molecule has 0 radical (unpaired) electrons. The zero-order valence-electron chi connectivity index (χ0n) is 21.2. The summed E-state index contributed by atoms with van der Waals surface area (Å²) in [6, 6.07) is 12.5. The average molecular weight is 496 g/mol. The molecule has 0 aliphatic rings.